The molecule has 1 aliphatic rings. The molecule has 0 bridgehead atoms. The maximum Gasteiger partial charge on any atom is 0.307 e. The molecule has 2 aromatic rings. The molecule has 0 aliphatic carbocycles. The molecule has 1 N–H and O–H groups in total. The van der Waals surface area contributed by atoms with Crippen LogP contribution in [0.4, 0.5) is 0 Å². The fourth-order valence-corrected chi connectivity index (χ4v) is 3.97. The lowest BCUT2D eigenvalue weighted by Crippen LogP contribution is -2.44. The van der Waals surface area contributed by atoms with Gasteiger partial charge in [-0.2, -0.15) is 0 Å². The summed E-state index contributed by atoms with van der Waals surface area (Å²) in [7, 11) is 0. The Morgan fingerprint density at radius 2 is 2.00 bits per heavy atom. The van der Waals surface area contributed by atoms with Crippen LogP contribution in [0.25, 0.3) is 0 Å². The molecule has 1 unspecified atom stereocenters. The number of nitrogens with one attached hydrogen (secondary N) is 1. The minimum atomic E-state index is -0.0308. The van der Waals surface area contributed by atoms with Gasteiger partial charge in [0.2, 0.25) is 5.91 Å². The molecule has 2 heterocycles. The largest absolute Gasteiger partial charge is 0.379 e. The highest BCUT2D eigenvalue weighted by Crippen LogP contribution is 2.21. The first-order chi connectivity index (χ1) is 12.6. The van der Waals surface area contributed by atoms with E-state index in [9.17, 15) is 9.59 Å². The third kappa shape index (κ3) is 4.81. The van der Waals surface area contributed by atoms with Crippen molar-refractivity contribution in [2.45, 2.75) is 25.9 Å². The molecular formula is C19H25N3O3S. The Morgan fingerprint density at radius 3 is 2.65 bits per heavy atom. The van der Waals surface area contributed by atoms with Gasteiger partial charge < -0.3 is 14.6 Å². The first kappa shape index (κ1) is 18.8. The van der Waals surface area contributed by atoms with Gasteiger partial charge in [-0.05, 0) is 12.5 Å². The van der Waals surface area contributed by atoms with E-state index in [1.807, 2.05) is 30.5 Å². The molecule has 0 saturated carbocycles. The Kier molecular flexibility index (Phi) is 6.60. The van der Waals surface area contributed by atoms with Crippen LogP contribution in [0.1, 0.15) is 23.7 Å². The van der Waals surface area contributed by atoms with Crippen molar-refractivity contribution >= 4 is 17.2 Å². The van der Waals surface area contributed by atoms with Gasteiger partial charge in [-0.25, -0.2) is 0 Å². The zero-order valence-corrected chi connectivity index (χ0v) is 15.8. The fraction of sp³-hybridized carbons (Fsp3) is 0.474. The minimum Gasteiger partial charge on any atom is -0.379 e. The standard InChI is InChI=1S/C19H25N3O3S/c1-15-14-26-19(24)22(15)8-7-18(23)20-13-17(16-5-3-2-4-6-16)21-9-11-25-12-10-21/h2-6,14,17H,7-13H2,1H3,(H,20,23). The number of morpholine rings is 1. The first-order valence-electron chi connectivity index (χ1n) is 8.93. The number of amides is 1. The molecule has 1 aliphatic heterocycles. The summed E-state index contributed by atoms with van der Waals surface area (Å²) < 4.78 is 7.11. The molecular weight excluding hydrogens is 350 g/mol. The predicted octanol–water partition coefficient (Wildman–Crippen LogP) is 1.80. The molecule has 0 spiro atoms. The third-order valence-corrected chi connectivity index (χ3v) is 5.58. The molecule has 3 rings (SSSR count). The van der Waals surface area contributed by atoms with Crippen LogP contribution in [0.5, 0.6) is 0 Å². The average Bonchev–Trinajstić information content (AvgIpc) is 3.00. The number of hydrogen-bond acceptors (Lipinski definition) is 5. The van der Waals surface area contributed by atoms with E-state index in [0.29, 0.717) is 19.5 Å². The van der Waals surface area contributed by atoms with Crippen molar-refractivity contribution in [2.75, 3.05) is 32.8 Å². The van der Waals surface area contributed by atoms with Crippen molar-refractivity contribution < 1.29 is 9.53 Å². The number of ether oxygens (including phenoxy) is 1. The maximum absolute atomic E-state index is 12.3. The molecule has 26 heavy (non-hydrogen) atoms. The van der Waals surface area contributed by atoms with E-state index in [2.05, 4.69) is 22.3 Å². The van der Waals surface area contributed by atoms with Crippen LogP contribution >= 0.6 is 11.3 Å². The topological polar surface area (TPSA) is 63.6 Å². The number of carbonyl (C=O) groups is 1. The average molecular weight is 375 g/mol. The molecule has 1 amide bonds. The molecule has 1 aromatic heterocycles. The number of benzene rings is 1. The van der Waals surface area contributed by atoms with E-state index in [4.69, 9.17) is 4.74 Å². The summed E-state index contributed by atoms with van der Waals surface area (Å²) in [5.41, 5.74) is 2.10. The van der Waals surface area contributed by atoms with Crippen LogP contribution in [-0.4, -0.2) is 48.2 Å². The van der Waals surface area contributed by atoms with Crippen LogP contribution in [-0.2, 0) is 16.1 Å². The summed E-state index contributed by atoms with van der Waals surface area (Å²) in [4.78, 5) is 26.4. The highest BCUT2D eigenvalue weighted by molar-refractivity contribution is 7.07. The van der Waals surface area contributed by atoms with E-state index in [1.165, 1.54) is 16.9 Å². The zero-order valence-electron chi connectivity index (χ0n) is 15.0. The molecule has 1 atom stereocenters. The first-order valence-corrected chi connectivity index (χ1v) is 9.81. The van der Waals surface area contributed by atoms with E-state index >= 15 is 0 Å². The predicted molar refractivity (Wildman–Crippen MR) is 103 cm³/mol. The second-order valence-electron chi connectivity index (χ2n) is 6.42. The van der Waals surface area contributed by atoms with Gasteiger partial charge in [0.25, 0.3) is 0 Å². The number of aromatic nitrogens is 1. The van der Waals surface area contributed by atoms with Crippen molar-refractivity contribution in [2.24, 2.45) is 0 Å². The molecule has 1 fully saturated rings. The highest BCUT2D eigenvalue weighted by atomic mass is 32.1. The van der Waals surface area contributed by atoms with Gasteiger partial charge in [-0.3, -0.25) is 14.5 Å². The van der Waals surface area contributed by atoms with E-state index in [-0.39, 0.29) is 16.8 Å². The fourth-order valence-electron chi connectivity index (χ4n) is 3.21. The van der Waals surface area contributed by atoms with Gasteiger partial charge in [-0.1, -0.05) is 41.7 Å². The summed E-state index contributed by atoms with van der Waals surface area (Å²) in [5, 5.41) is 4.87. The van der Waals surface area contributed by atoms with Crippen LogP contribution in [0, 0.1) is 6.92 Å². The van der Waals surface area contributed by atoms with E-state index < -0.39 is 0 Å². The normalized spacial score (nSPS) is 16.3. The number of rotatable bonds is 7. The summed E-state index contributed by atoms with van der Waals surface area (Å²) in [6.45, 7) is 6.03. The maximum atomic E-state index is 12.3. The van der Waals surface area contributed by atoms with Gasteiger partial charge in [0.15, 0.2) is 0 Å². The second kappa shape index (κ2) is 9.12. The Hall–Kier alpha value is -1.96. The number of thiazole rings is 1. The van der Waals surface area contributed by atoms with Gasteiger partial charge in [0.05, 0.1) is 19.3 Å². The van der Waals surface area contributed by atoms with Gasteiger partial charge >= 0.3 is 4.87 Å². The van der Waals surface area contributed by atoms with Crippen molar-refractivity contribution in [1.29, 1.82) is 0 Å². The van der Waals surface area contributed by atoms with Crippen molar-refractivity contribution in [1.82, 2.24) is 14.8 Å². The SMILES string of the molecule is Cc1csc(=O)n1CCC(=O)NCC(c1ccccc1)N1CCOCC1. The Morgan fingerprint density at radius 1 is 1.27 bits per heavy atom. The van der Waals surface area contributed by atoms with Crippen LogP contribution in [0.3, 0.4) is 0 Å². The molecule has 0 radical (unpaired) electrons. The number of nitrogens with zero attached hydrogens (tertiary/aromatic N) is 2. The number of hydrogen-bond donors (Lipinski definition) is 1. The lowest BCUT2D eigenvalue weighted by atomic mass is 10.0. The molecule has 1 saturated heterocycles. The molecule has 7 heteroatoms. The zero-order chi connectivity index (χ0) is 18.4. The van der Waals surface area contributed by atoms with Gasteiger partial charge in [-0.15, -0.1) is 0 Å². The number of carbonyl (C=O) groups excluding carboxylic acids is 1. The van der Waals surface area contributed by atoms with E-state index in [1.54, 1.807) is 4.57 Å². The van der Waals surface area contributed by atoms with Crippen LogP contribution in [0.2, 0.25) is 0 Å². The Labute approximate surface area is 157 Å². The van der Waals surface area contributed by atoms with Crippen molar-refractivity contribution in [3.05, 3.63) is 56.6 Å². The minimum absolute atomic E-state index is 0.00854. The van der Waals surface area contributed by atoms with Gasteiger partial charge in [0.1, 0.15) is 0 Å². The summed E-state index contributed by atoms with van der Waals surface area (Å²) >= 11 is 1.17. The van der Waals surface area contributed by atoms with Gasteiger partial charge in [0, 0.05) is 43.7 Å². The summed E-state index contributed by atoms with van der Waals surface area (Å²) in [6.07, 6.45) is 0.308. The monoisotopic (exact) mass is 375 g/mol. The smallest absolute Gasteiger partial charge is 0.307 e. The lowest BCUT2D eigenvalue weighted by molar-refractivity contribution is -0.121. The van der Waals surface area contributed by atoms with Crippen LogP contribution in [0.15, 0.2) is 40.5 Å². The quantitative estimate of drug-likeness (QED) is 0.802. The molecule has 6 nitrogen and oxygen atoms in total. The highest BCUT2D eigenvalue weighted by Gasteiger charge is 2.23. The number of aryl methyl sites for hydroxylation is 1. The lowest BCUT2D eigenvalue weighted by Gasteiger charge is -2.35. The summed E-state index contributed by atoms with van der Waals surface area (Å²) in [6, 6.07) is 10.4. The molecule has 140 valence electrons. The second-order valence-corrected chi connectivity index (χ2v) is 7.24. The molecule has 1 aromatic carbocycles. The van der Waals surface area contributed by atoms with E-state index in [0.717, 1.165) is 32.0 Å². The summed E-state index contributed by atoms with van der Waals surface area (Å²) in [5.74, 6) is -0.0308. The van der Waals surface area contributed by atoms with Crippen LogP contribution < -0.4 is 10.2 Å². The Bertz CT molecular complexity index is 766. The van der Waals surface area contributed by atoms with Crippen molar-refractivity contribution in [3.63, 3.8) is 0 Å². The third-order valence-electron chi connectivity index (χ3n) is 4.70. The van der Waals surface area contributed by atoms with Crippen molar-refractivity contribution in [3.8, 4) is 0 Å². The Balaban J connectivity index is 1.58.